The third kappa shape index (κ3) is 2.89. The average molecular weight is 259 g/mol. The highest BCUT2D eigenvalue weighted by atomic mass is 14.9. The van der Waals surface area contributed by atoms with Gasteiger partial charge in [0.1, 0.15) is 0 Å². The van der Waals surface area contributed by atoms with Crippen molar-refractivity contribution in [2.24, 2.45) is 0 Å². The van der Waals surface area contributed by atoms with E-state index in [-0.39, 0.29) is 0 Å². The van der Waals surface area contributed by atoms with E-state index in [9.17, 15) is 0 Å². The van der Waals surface area contributed by atoms with Gasteiger partial charge in [0.2, 0.25) is 0 Å². The summed E-state index contributed by atoms with van der Waals surface area (Å²) in [5.41, 5.74) is 5.97. The van der Waals surface area contributed by atoms with Crippen molar-refractivity contribution < 1.29 is 0 Å². The van der Waals surface area contributed by atoms with Gasteiger partial charge in [-0.15, -0.1) is 0 Å². The van der Waals surface area contributed by atoms with Gasteiger partial charge >= 0.3 is 0 Å². The van der Waals surface area contributed by atoms with Crippen molar-refractivity contribution in [3.05, 3.63) is 84.4 Å². The molecule has 0 amide bonds. The quantitative estimate of drug-likeness (QED) is 0.663. The molecule has 0 aliphatic rings. The Bertz CT molecular complexity index is 667. The fourth-order valence-corrected chi connectivity index (χ4v) is 2.18. The Morgan fingerprint density at radius 2 is 1.05 bits per heavy atom. The predicted octanol–water partition coefficient (Wildman–Crippen LogP) is 5.41. The van der Waals surface area contributed by atoms with Crippen LogP contribution in [0.1, 0.15) is 5.56 Å². The SMILES string of the molecule is Cc1ccc(Nc2ccc(-c3ccccc3)cc2)cc1. The van der Waals surface area contributed by atoms with Crippen molar-refractivity contribution in [2.45, 2.75) is 6.92 Å². The summed E-state index contributed by atoms with van der Waals surface area (Å²) in [6.07, 6.45) is 0. The Labute approximate surface area is 119 Å². The zero-order chi connectivity index (χ0) is 13.8. The van der Waals surface area contributed by atoms with Crippen LogP contribution in [0.25, 0.3) is 11.1 Å². The van der Waals surface area contributed by atoms with Crippen molar-refractivity contribution in [2.75, 3.05) is 5.32 Å². The van der Waals surface area contributed by atoms with Gasteiger partial charge in [-0.3, -0.25) is 0 Å². The summed E-state index contributed by atoms with van der Waals surface area (Å²) >= 11 is 0. The van der Waals surface area contributed by atoms with Gasteiger partial charge < -0.3 is 5.32 Å². The van der Waals surface area contributed by atoms with Crippen LogP contribution in [0, 0.1) is 6.92 Å². The largest absolute Gasteiger partial charge is 0.356 e. The first kappa shape index (κ1) is 12.5. The van der Waals surface area contributed by atoms with Crippen LogP contribution in [0.3, 0.4) is 0 Å². The second-order valence-corrected chi connectivity index (χ2v) is 4.93. The van der Waals surface area contributed by atoms with Crippen molar-refractivity contribution in [3.63, 3.8) is 0 Å². The summed E-state index contributed by atoms with van der Waals surface area (Å²) in [5.74, 6) is 0. The second-order valence-electron chi connectivity index (χ2n) is 4.93. The average Bonchev–Trinajstić information content (AvgIpc) is 2.51. The van der Waals surface area contributed by atoms with Crippen LogP contribution in [-0.4, -0.2) is 0 Å². The van der Waals surface area contributed by atoms with Gasteiger partial charge in [0, 0.05) is 11.4 Å². The van der Waals surface area contributed by atoms with E-state index in [1.54, 1.807) is 0 Å². The first-order chi connectivity index (χ1) is 9.81. The molecule has 0 bridgehead atoms. The molecule has 3 aromatic rings. The number of aryl methyl sites for hydroxylation is 1. The molecule has 0 aliphatic heterocycles. The third-order valence-electron chi connectivity index (χ3n) is 3.33. The van der Waals surface area contributed by atoms with Crippen LogP contribution in [0.2, 0.25) is 0 Å². The monoisotopic (exact) mass is 259 g/mol. The fraction of sp³-hybridized carbons (Fsp3) is 0.0526. The molecule has 0 saturated carbocycles. The lowest BCUT2D eigenvalue weighted by molar-refractivity contribution is 1.45. The molecule has 20 heavy (non-hydrogen) atoms. The molecule has 0 atom stereocenters. The molecule has 0 saturated heterocycles. The minimum Gasteiger partial charge on any atom is -0.356 e. The number of hydrogen-bond donors (Lipinski definition) is 1. The van der Waals surface area contributed by atoms with Crippen LogP contribution in [0.5, 0.6) is 0 Å². The Balaban J connectivity index is 1.78. The van der Waals surface area contributed by atoms with Crippen molar-refractivity contribution in [3.8, 4) is 11.1 Å². The summed E-state index contributed by atoms with van der Waals surface area (Å²) in [6.45, 7) is 2.10. The maximum absolute atomic E-state index is 3.41. The number of rotatable bonds is 3. The number of nitrogens with one attached hydrogen (secondary N) is 1. The lowest BCUT2D eigenvalue weighted by atomic mass is 10.1. The van der Waals surface area contributed by atoms with Gasteiger partial charge in [0.15, 0.2) is 0 Å². The van der Waals surface area contributed by atoms with Gasteiger partial charge in [-0.1, -0.05) is 60.2 Å². The van der Waals surface area contributed by atoms with Crippen LogP contribution >= 0.6 is 0 Å². The first-order valence-electron chi connectivity index (χ1n) is 6.80. The second kappa shape index (κ2) is 5.62. The van der Waals surface area contributed by atoms with E-state index in [4.69, 9.17) is 0 Å². The normalized spacial score (nSPS) is 10.2. The predicted molar refractivity (Wildman–Crippen MR) is 86.3 cm³/mol. The lowest BCUT2D eigenvalue weighted by Crippen LogP contribution is -1.89. The molecule has 0 unspecified atom stereocenters. The minimum atomic E-state index is 1.11. The molecule has 0 aliphatic carbocycles. The van der Waals surface area contributed by atoms with Crippen LogP contribution in [0.15, 0.2) is 78.9 Å². The van der Waals surface area contributed by atoms with Crippen LogP contribution in [-0.2, 0) is 0 Å². The molecule has 1 nitrogen and oxygen atoms in total. The molecule has 98 valence electrons. The van der Waals surface area contributed by atoms with Gasteiger partial charge in [-0.2, -0.15) is 0 Å². The summed E-state index contributed by atoms with van der Waals surface area (Å²) in [4.78, 5) is 0. The topological polar surface area (TPSA) is 12.0 Å². The molecule has 0 heterocycles. The molecule has 0 radical (unpaired) electrons. The van der Waals surface area contributed by atoms with Crippen LogP contribution < -0.4 is 5.32 Å². The minimum absolute atomic E-state index is 1.11. The smallest absolute Gasteiger partial charge is 0.0384 e. The summed E-state index contributed by atoms with van der Waals surface area (Å²) in [7, 11) is 0. The molecule has 1 heteroatoms. The van der Waals surface area contributed by atoms with E-state index in [0.717, 1.165) is 11.4 Å². The van der Waals surface area contributed by atoms with E-state index < -0.39 is 0 Å². The standard InChI is InChI=1S/C19H17N/c1-15-7-11-18(12-8-15)20-19-13-9-17(10-14-19)16-5-3-2-4-6-16/h2-14,20H,1H3. The highest BCUT2D eigenvalue weighted by Gasteiger charge is 1.98. The van der Waals surface area contributed by atoms with Gasteiger partial charge in [-0.25, -0.2) is 0 Å². The maximum atomic E-state index is 3.41. The third-order valence-corrected chi connectivity index (χ3v) is 3.33. The van der Waals surface area contributed by atoms with E-state index in [1.807, 2.05) is 6.07 Å². The molecule has 3 aromatic carbocycles. The Kier molecular flexibility index (Phi) is 3.51. The van der Waals surface area contributed by atoms with E-state index in [0.29, 0.717) is 0 Å². The highest BCUT2D eigenvalue weighted by Crippen LogP contribution is 2.23. The zero-order valence-electron chi connectivity index (χ0n) is 11.5. The summed E-state index contributed by atoms with van der Waals surface area (Å²) < 4.78 is 0. The summed E-state index contributed by atoms with van der Waals surface area (Å²) in [6, 6.07) is 27.4. The lowest BCUT2D eigenvalue weighted by Gasteiger charge is -2.08. The number of hydrogen-bond acceptors (Lipinski definition) is 1. The molecule has 0 fully saturated rings. The van der Waals surface area contributed by atoms with Gasteiger partial charge in [0.25, 0.3) is 0 Å². The fourth-order valence-electron chi connectivity index (χ4n) is 2.18. The summed E-state index contributed by atoms with van der Waals surface area (Å²) in [5, 5.41) is 3.41. The van der Waals surface area contributed by atoms with E-state index in [2.05, 4.69) is 85.0 Å². The van der Waals surface area contributed by atoms with E-state index in [1.165, 1.54) is 16.7 Å². The maximum Gasteiger partial charge on any atom is 0.0384 e. The molecular weight excluding hydrogens is 242 g/mol. The van der Waals surface area contributed by atoms with Crippen molar-refractivity contribution in [1.82, 2.24) is 0 Å². The highest BCUT2D eigenvalue weighted by molar-refractivity contribution is 5.68. The van der Waals surface area contributed by atoms with E-state index >= 15 is 0 Å². The van der Waals surface area contributed by atoms with Crippen LogP contribution in [0.4, 0.5) is 11.4 Å². The molecule has 0 aromatic heterocycles. The number of anilines is 2. The van der Waals surface area contributed by atoms with Gasteiger partial charge in [-0.05, 0) is 42.3 Å². The van der Waals surface area contributed by atoms with Gasteiger partial charge in [0.05, 0.1) is 0 Å². The number of benzene rings is 3. The van der Waals surface area contributed by atoms with Crippen molar-refractivity contribution >= 4 is 11.4 Å². The zero-order valence-corrected chi connectivity index (χ0v) is 11.5. The Morgan fingerprint density at radius 3 is 1.65 bits per heavy atom. The molecule has 1 N–H and O–H groups in total. The molecule has 0 spiro atoms. The Hall–Kier alpha value is -2.54. The first-order valence-corrected chi connectivity index (χ1v) is 6.80. The Morgan fingerprint density at radius 1 is 0.550 bits per heavy atom. The molecular formula is C19H17N. The molecule has 3 rings (SSSR count). The van der Waals surface area contributed by atoms with Crippen molar-refractivity contribution in [1.29, 1.82) is 0 Å².